The first-order valence-corrected chi connectivity index (χ1v) is 7.70. The van der Waals surface area contributed by atoms with E-state index in [-0.39, 0.29) is 23.4 Å². The van der Waals surface area contributed by atoms with E-state index in [1.54, 1.807) is 12.1 Å². The molecule has 3 N–H and O–H groups in total. The van der Waals surface area contributed by atoms with Crippen LogP contribution in [-0.2, 0) is 0 Å². The summed E-state index contributed by atoms with van der Waals surface area (Å²) in [7, 11) is 0. The average Bonchev–Trinajstić information content (AvgIpc) is 2.37. The summed E-state index contributed by atoms with van der Waals surface area (Å²) in [6, 6.07) is 6.84. The molecule has 4 heteroatoms. The third-order valence-electron chi connectivity index (χ3n) is 4.32. The van der Waals surface area contributed by atoms with Gasteiger partial charge in [-0.25, -0.2) is 4.39 Å². The second-order valence-electron chi connectivity index (χ2n) is 7.34. The summed E-state index contributed by atoms with van der Waals surface area (Å²) in [5, 5.41) is 10.3. The predicted molar refractivity (Wildman–Crippen MR) is 84.8 cm³/mol. The maximum atomic E-state index is 13.9. The van der Waals surface area contributed by atoms with E-state index in [1.165, 1.54) is 6.07 Å². The zero-order chi connectivity index (χ0) is 15.6. The SMILES string of the molecule is CC(C)(C)C(O)CC1CC(N)CN(c2ccccc2F)C1. The Morgan fingerprint density at radius 2 is 2.00 bits per heavy atom. The van der Waals surface area contributed by atoms with E-state index >= 15 is 0 Å². The van der Waals surface area contributed by atoms with Crippen LogP contribution in [0, 0.1) is 17.2 Å². The van der Waals surface area contributed by atoms with Crippen molar-refractivity contribution in [1.82, 2.24) is 0 Å². The maximum Gasteiger partial charge on any atom is 0.146 e. The van der Waals surface area contributed by atoms with Crippen molar-refractivity contribution >= 4 is 5.69 Å². The maximum absolute atomic E-state index is 13.9. The normalized spacial score (nSPS) is 25.0. The fraction of sp³-hybridized carbons (Fsp3) is 0.647. The third kappa shape index (κ3) is 4.17. The average molecular weight is 294 g/mol. The Kier molecular flexibility index (Phi) is 4.89. The van der Waals surface area contributed by atoms with E-state index in [9.17, 15) is 9.50 Å². The van der Waals surface area contributed by atoms with Gasteiger partial charge in [-0.15, -0.1) is 0 Å². The van der Waals surface area contributed by atoms with Crippen LogP contribution in [0.3, 0.4) is 0 Å². The summed E-state index contributed by atoms with van der Waals surface area (Å²) in [6.45, 7) is 7.53. The van der Waals surface area contributed by atoms with E-state index in [2.05, 4.69) is 0 Å². The molecule has 0 bridgehead atoms. The minimum absolute atomic E-state index is 0.0236. The molecule has 1 saturated heterocycles. The lowest BCUT2D eigenvalue weighted by Crippen LogP contribution is -2.48. The standard InChI is InChI=1S/C17H27FN2O/c1-17(2,3)16(21)9-12-8-13(19)11-20(10-12)15-7-5-4-6-14(15)18/h4-7,12-13,16,21H,8-11,19H2,1-3H3. The van der Waals surface area contributed by atoms with Gasteiger partial charge in [-0.3, -0.25) is 0 Å². The van der Waals surface area contributed by atoms with Crippen LogP contribution in [0.4, 0.5) is 10.1 Å². The smallest absolute Gasteiger partial charge is 0.146 e. The Morgan fingerprint density at radius 1 is 1.33 bits per heavy atom. The summed E-state index contributed by atoms with van der Waals surface area (Å²) >= 11 is 0. The zero-order valence-electron chi connectivity index (χ0n) is 13.2. The molecule has 0 aliphatic carbocycles. The van der Waals surface area contributed by atoms with Crippen molar-refractivity contribution in [3.8, 4) is 0 Å². The molecule has 3 nitrogen and oxygen atoms in total. The van der Waals surface area contributed by atoms with E-state index in [1.807, 2.05) is 31.7 Å². The molecule has 3 atom stereocenters. The molecule has 1 aromatic carbocycles. The van der Waals surface area contributed by atoms with Crippen LogP contribution in [-0.4, -0.2) is 30.3 Å². The number of benzene rings is 1. The van der Waals surface area contributed by atoms with Crippen LogP contribution in [0.2, 0.25) is 0 Å². The van der Waals surface area contributed by atoms with E-state index in [0.29, 0.717) is 24.6 Å². The predicted octanol–water partition coefficient (Wildman–Crippen LogP) is 2.78. The second-order valence-corrected chi connectivity index (χ2v) is 7.34. The van der Waals surface area contributed by atoms with Crippen LogP contribution in [0.1, 0.15) is 33.6 Å². The van der Waals surface area contributed by atoms with Gasteiger partial charge < -0.3 is 15.7 Å². The molecule has 2 rings (SSSR count). The van der Waals surface area contributed by atoms with Crippen molar-refractivity contribution in [2.75, 3.05) is 18.0 Å². The van der Waals surface area contributed by atoms with Crippen molar-refractivity contribution in [2.24, 2.45) is 17.1 Å². The summed E-state index contributed by atoms with van der Waals surface area (Å²) in [5.74, 6) is 0.0873. The molecular weight excluding hydrogens is 267 g/mol. The molecule has 0 aromatic heterocycles. The highest BCUT2D eigenvalue weighted by Crippen LogP contribution is 2.31. The number of hydrogen-bond acceptors (Lipinski definition) is 3. The number of anilines is 1. The first-order valence-electron chi connectivity index (χ1n) is 7.70. The largest absolute Gasteiger partial charge is 0.393 e. The van der Waals surface area contributed by atoms with E-state index in [0.717, 1.165) is 13.0 Å². The van der Waals surface area contributed by atoms with Gasteiger partial charge in [0.15, 0.2) is 0 Å². The molecule has 1 aliphatic heterocycles. The molecule has 0 radical (unpaired) electrons. The van der Waals surface area contributed by atoms with Crippen molar-refractivity contribution in [3.63, 3.8) is 0 Å². The van der Waals surface area contributed by atoms with Crippen LogP contribution < -0.4 is 10.6 Å². The van der Waals surface area contributed by atoms with Gasteiger partial charge in [-0.05, 0) is 36.3 Å². The lowest BCUT2D eigenvalue weighted by atomic mass is 9.80. The number of halogens is 1. The number of aliphatic hydroxyl groups is 1. The lowest BCUT2D eigenvalue weighted by molar-refractivity contribution is 0.0381. The van der Waals surface area contributed by atoms with Crippen LogP contribution in [0.15, 0.2) is 24.3 Å². The number of para-hydroxylation sites is 1. The Bertz CT molecular complexity index is 472. The first kappa shape index (κ1) is 16.2. The van der Waals surface area contributed by atoms with Gasteiger partial charge in [0.1, 0.15) is 5.82 Å². The Labute approximate surface area is 126 Å². The summed E-state index contributed by atoms with van der Waals surface area (Å²) in [6.07, 6.45) is 1.23. The van der Waals surface area contributed by atoms with Gasteiger partial charge in [-0.2, -0.15) is 0 Å². The minimum Gasteiger partial charge on any atom is -0.393 e. The molecule has 1 heterocycles. The minimum atomic E-state index is -0.365. The fourth-order valence-corrected chi connectivity index (χ4v) is 2.99. The molecule has 1 aromatic rings. The van der Waals surface area contributed by atoms with Gasteiger partial charge in [0.2, 0.25) is 0 Å². The number of aliphatic hydroxyl groups excluding tert-OH is 1. The number of hydrogen-bond donors (Lipinski definition) is 2. The molecular formula is C17H27FN2O. The van der Waals surface area contributed by atoms with Crippen molar-refractivity contribution < 1.29 is 9.50 Å². The Hall–Kier alpha value is -1.13. The number of nitrogens with two attached hydrogens (primary N) is 1. The molecule has 0 spiro atoms. The van der Waals surface area contributed by atoms with Gasteiger partial charge in [0.05, 0.1) is 11.8 Å². The topological polar surface area (TPSA) is 49.5 Å². The van der Waals surface area contributed by atoms with Gasteiger partial charge >= 0.3 is 0 Å². The van der Waals surface area contributed by atoms with Gasteiger partial charge in [0, 0.05) is 19.1 Å². The fourth-order valence-electron chi connectivity index (χ4n) is 2.99. The molecule has 0 saturated carbocycles. The molecule has 21 heavy (non-hydrogen) atoms. The Morgan fingerprint density at radius 3 is 2.62 bits per heavy atom. The lowest BCUT2D eigenvalue weighted by Gasteiger charge is -2.40. The van der Waals surface area contributed by atoms with E-state index in [4.69, 9.17) is 5.73 Å². The molecule has 0 amide bonds. The van der Waals surface area contributed by atoms with Crippen molar-refractivity contribution in [3.05, 3.63) is 30.1 Å². The molecule has 118 valence electrons. The van der Waals surface area contributed by atoms with E-state index < -0.39 is 0 Å². The molecule has 1 fully saturated rings. The quantitative estimate of drug-likeness (QED) is 0.901. The highest BCUT2D eigenvalue weighted by molar-refractivity contribution is 5.48. The molecule has 3 unspecified atom stereocenters. The summed E-state index contributed by atoms with van der Waals surface area (Å²) in [5.41, 5.74) is 6.62. The van der Waals surface area contributed by atoms with Crippen molar-refractivity contribution in [1.29, 1.82) is 0 Å². The monoisotopic (exact) mass is 294 g/mol. The zero-order valence-corrected chi connectivity index (χ0v) is 13.2. The van der Waals surface area contributed by atoms with Gasteiger partial charge in [-0.1, -0.05) is 32.9 Å². The summed E-state index contributed by atoms with van der Waals surface area (Å²) < 4.78 is 13.9. The van der Waals surface area contributed by atoms with Gasteiger partial charge in [0.25, 0.3) is 0 Å². The van der Waals surface area contributed by atoms with Crippen LogP contribution >= 0.6 is 0 Å². The third-order valence-corrected chi connectivity index (χ3v) is 4.32. The number of nitrogens with zero attached hydrogens (tertiary/aromatic N) is 1. The highest BCUT2D eigenvalue weighted by atomic mass is 19.1. The Balaban J connectivity index is 2.08. The number of piperidine rings is 1. The van der Waals surface area contributed by atoms with Crippen LogP contribution in [0.5, 0.6) is 0 Å². The highest BCUT2D eigenvalue weighted by Gasteiger charge is 2.31. The summed E-state index contributed by atoms with van der Waals surface area (Å²) in [4.78, 5) is 2.02. The second kappa shape index (κ2) is 6.32. The van der Waals surface area contributed by atoms with Crippen molar-refractivity contribution in [2.45, 2.75) is 45.8 Å². The van der Waals surface area contributed by atoms with Crippen LogP contribution in [0.25, 0.3) is 0 Å². The first-order chi connectivity index (χ1) is 9.77. The molecule has 1 aliphatic rings. The number of rotatable bonds is 3.